The Kier molecular flexibility index (Phi) is 6.68. The average Bonchev–Trinajstić information content (AvgIpc) is 2.55. The van der Waals surface area contributed by atoms with Gasteiger partial charge in [0.2, 0.25) is 0 Å². The Morgan fingerprint density at radius 2 is 2.09 bits per heavy atom. The van der Waals surface area contributed by atoms with Gasteiger partial charge in [-0.2, -0.15) is 0 Å². The molecule has 1 unspecified atom stereocenters. The van der Waals surface area contributed by atoms with Gasteiger partial charge in [0.1, 0.15) is 18.5 Å². The minimum Gasteiger partial charge on any atom is -0.491 e. The van der Waals surface area contributed by atoms with Crippen molar-refractivity contribution in [1.29, 1.82) is 0 Å². The van der Waals surface area contributed by atoms with Crippen molar-refractivity contribution >= 4 is 21.6 Å². The van der Waals surface area contributed by atoms with Crippen molar-refractivity contribution in [3.8, 4) is 5.75 Å². The number of halogens is 1. The van der Waals surface area contributed by atoms with Crippen LogP contribution in [0.3, 0.4) is 0 Å². The predicted octanol–water partition coefficient (Wildman–Crippen LogP) is 4.34. The number of benzene rings is 2. The molecule has 1 atom stereocenters. The summed E-state index contributed by atoms with van der Waals surface area (Å²) in [6.45, 7) is 6.46. The molecular weight excluding hydrogens is 354 g/mol. The van der Waals surface area contributed by atoms with Crippen molar-refractivity contribution in [2.24, 2.45) is 0 Å². The molecule has 0 radical (unpaired) electrons. The normalized spacial score (nSPS) is 11.8. The Labute approximate surface area is 146 Å². The van der Waals surface area contributed by atoms with Crippen LogP contribution in [0.5, 0.6) is 5.75 Å². The third-order valence-corrected chi connectivity index (χ3v) is 4.34. The van der Waals surface area contributed by atoms with Crippen molar-refractivity contribution in [2.75, 3.05) is 18.5 Å². The number of aliphatic hydroxyl groups excluding tert-OH is 1. The van der Waals surface area contributed by atoms with Crippen molar-refractivity contribution < 1.29 is 9.84 Å². The largest absolute Gasteiger partial charge is 0.491 e. The lowest BCUT2D eigenvalue weighted by atomic mass is 10.1. The van der Waals surface area contributed by atoms with Gasteiger partial charge in [0.15, 0.2) is 0 Å². The summed E-state index contributed by atoms with van der Waals surface area (Å²) < 4.78 is 6.78. The van der Waals surface area contributed by atoms with Gasteiger partial charge in [0.25, 0.3) is 0 Å². The second-order valence-electron chi connectivity index (χ2n) is 5.41. The Balaban J connectivity index is 1.84. The van der Waals surface area contributed by atoms with Gasteiger partial charge < -0.3 is 15.2 Å². The molecule has 23 heavy (non-hydrogen) atoms. The number of anilines is 1. The van der Waals surface area contributed by atoms with Crippen LogP contribution in [0.1, 0.15) is 11.1 Å². The van der Waals surface area contributed by atoms with E-state index in [4.69, 9.17) is 4.74 Å². The van der Waals surface area contributed by atoms with Gasteiger partial charge in [0, 0.05) is 16.7 Å². The van der Waals surface area contributed by atoms with Crippen LogP contribution in [-0.4, -0.2) is 24.4 Å². The summed E-state index contributed by atoms with van der Waals surface area (Å²) in [4.78, 5) is 0. The highest BCUT2D eigenvalue weighted by atomic mass is 79.9. The van der Waals surface area contributed by atoms with E-state index in [0.29, 0.717) is 6.54 Å². The number of nitrogens with one attached hydrogen (secondary N) is 1. The lowest BCUT2D eigenvalue weighted by molar-refractivity contribution is 0.117. The van der Waals surface area contributed by atoms with E-state index in [9.17, 15) is 5.11 Å². The molecule has 0 spiro atoms. The van der Waals surface area contributed by atoms with E-state index in [1.807, 2.05) is 55.5 Å². The lowest BCUT2D eigenvalue weighted by Crippen LogP contribution is -2.26. The van der Waals surface area contributed by atoms with Gasteiger partial charge in [-0.1, -0.05) is 46.3 Å². The molecule has 0 aliphatic heterocycles. The fourth-order valence-corrected chi connectivity index (χ4v) is 2.53. The van der Waals surface area contributed by atoms with E-state index in [0.717, 1.165) is 27.9 Å². The first-order chi connectivity index (χ1) is 11.1. The molecule has 0 amide bonds. The van der Waals surface area contributed by atoms with E-state index in [2.05, 4.69) is 27.8 Å². The van der Waals surface area contributed by atoms with Crippen molar-refractivity contribution in [3.05, 3.63) is 70.7 Å². The van der Waals surface area contributed by atoms with E-state index in [1.165, 1.54) is 5.56 Å². The monoisotopic (exact) mass is 375 g/mol. The number of hydrogen-bond donors (Lipinski definition) is 2. The lowest BCUT2D eigenvalue weighted by Gasteiger charge is -2.16. The minimum absolute atomic E-state index is 0.244. The summed E-state index contributed by atoms with van der Waals surface area (Å²) in [5.74, 6) is 0.796. The Bertz CT molecular complexity index is 658. The third kappa shape index (κ3) is 5.41. The van der Waals surface area contributed by atoms with Crippen LogP contribution in [-0.2, 0) is 6.42 Å². The molecule has 4 heteroatoms. The Morgan fingerprint density at radius 1 is 1.30 bits per heavy atom. The molecule has 0 aliphatic carbocycles. The van der Waals surface area contributed by atoms with Gasteiger partial charge in [-0.15, -0.1) is 6.58 Å². The number of ether oxygens (including phenoxy) is 1. The smallest absolute Gasteiger partial charge is 0.122 e. The molecule has 0 bridgehead atoms. The van der Waals surface area contributed by atoms with Crippen LogP contribution in [0.15, 0.2) is 59.6 Å². The first-order valence-electron chi connectivity index (χ1n) is 7.60. The van der Waals surface area contributed by atoms with Crippen LogP contribution in [0.25, 0.3) is 0 Å². The molecule has 2 aromatic rings. The van der Waals surface area contributed by atoms with E-state index in [-0.39, 0.29) is 6.61 Å². The van der Waals surface area contributed by atoms with Crippen LogP contribution in [0.4, 0.5) is 5.69 Å². The molecular formula is C19H22BrNO2. The molecule has 2 aromatic carbocycles. The number of rotatable bonds is 8. The molecule has 2 N–H and O–H groups in total. The number of aliphatic hydroxyl groups is 1. The minimum atomic E-state index is -0.591. The molecule has 0 heterocycles. The molecule has 0 aromatic heterocycles. The summed E-state index contributed by atoms with van der Waals surface area (Å²) in [6, 6.07) is 13.8. The highest BCUT2D eigenvalue weighted by Gasteiger charge is 2.08. The van der Waals surface area contributed by atoms with Crippen LogP contribution >= 0.6 is 15.9 Å². The molecule has 0 saturated heterocycles. The average molecular weight is 376 g/mol. The van der Waals surface area contributed by atoms with Crippen LogP contribution in [0, 0.1) is 6.92 Å². The number of allylic oxidation sites excluding steroid dienone is 1. The molecule has 0 saturated carbocycles. The van der Waals surface area contributed by atoms with Gasteiger partial charge in [-0.05, 0) is 42.7 Å². The van der Waals surface area contributed by atoms with Crippen molar-refractivity contribution in [1.82, 2.24) is 0 Å². The maximum absolute atomic E-state index is 10.1. The predicted molar refractivity (Wildman–Crippen MR) is 99.2 cm³/mol. The quantitative estimate of drug-likeness (QED) is 0.674. The number of para-hydroxylation sites is 1. The Morgan fingerprint density at radius 3 is 2.83 bits per heavy atom. The van der Waals surface area contributed by atoms with Gasteiger partial charge in [-0.25, -0.2) is 0 Å². The zero-order chi connectivity index (χ0) is 16.7. The zero-order valence-electron chi connectivity index (χ0n) is 13.3. The SMILES string of the molecule is C=CCc1ccccc1OCC(O)CNc1ccc(C)c(Br)c1. The van der Waals surface area contributed by atoms with Crippen molar-refractivity contribution in [2.45, 2.75) is 19.4 Å². The molecule has 0 aliphatic rings. The van der Waals surface area contributed by atoms with E-state index >= 15 is 0 Å². The molecule has 2 rings (SSSR count). The third-order valence-electron chi connectivity index (χ3n) is 3.48. The summed E-state index contributed by atoms with van der Waals surface area (Å²) in [5.41, 5.74) is 3.22. The summed E-state index contributed by atoms with van der Waals surface area (Å²) >= 11 is 3.50. The Hall–Kier alpha value is -1.78. The maximum atomic E-state index is 10.1. The fourth-order valence-electron chi connectivity index (χ4n) is 2.15. The second kappa shape index (κ2) is 8.75. The highest BCUT2D eigenvalue weighted by molar-refractivity contribution is 9.10. The first kappa shape index (κ1) is 17.6. The van der Waals surface area contributed by atoms with Crippen molar-refractivity contribution in [3.63, 3.8) is 0 Å². The zero-order valence-corrected chi connectivity index (χ0v) is 14.8. The highest BCUT2D eigenvalue weighted by Crippen LogP contribution is 2.21. The van der Waals surface area contributed by atoms with Gasteiger partial charge >= 0.3 is 0 Å². The van der Waals surface area contributed by atoms with Gasteiger partial charge in [0.05, 0.1) is 0 Å². The standard InChI is InChI=1S/C19H22BrNO2/c1-3-6-15-7-4-5-8-19(15)23-13-17(22)12-21-16-10-9-14(2)18(20)11-16/h3-5,7-11,17,21-22H,1,6,12-13H2,2H3. The number of hydrogen-bond acceptors (Lipinski definition) is 3. The van der Waals surface area contributed by atoms with Crippen LogP contribution in [0.2, 0.25) is 0 Å². The topological polar surface area (TPSA) is 41.5 Å². The first-order valence-corrected chi connectivity index (χ1v) is 8.39. The van der Waals surface area contributed by atoms with E-state index < -0.39 is 6.10 Å². The molecule has 0 fully saturated rings. The fraction of sp³-hybridized carbons (Fsp3) is 0.263. The summed E-state index contributed by atoms with van der Waals surface area (Å²) in [7, 11) is 0. The summed E-state index contributed by atoms with van der Waals surface area (Å²) in [6.07, 6.45) is 2.00. The van der Waals surface area contributed by atoms with Crippen LogP contribution < -0.4 is 10.1 Å². The molecule has 122 valence electrons. The second-order valence-corrected chi connectivity index (χ2v) is 6.26. The molecule has 3 nitrogen and oxygen atoms in total. The summed E-state index contributed by atoms with van der Waals surface area (Å²) in [5, 5.41) is 13.3. The number of aryl methyl sites for hydroxylation is 1. The van der Waals surface area contributed by atoms with Gasteiger partial charge in [-0.3, -0.25) is 0 Å². The maximum Gasteiger partial charge on any atom is 0.122 e. The van der Waals surface area contributed by atoms with E-state index in [1.54, 1.807) is 0 Å².